The van der Waals surface area contributed by atoms with E-state index in [-0.39, 0.29) is 30.5 Å². The van der Waals surface area contributed by atoms with Crippen molar-refractivity contribution in [2.45, 2.75) is 24.9 Å². The van der Waals surface area contributed by atoms with E-state index in [0.29, 0.717) is 12.3 Å². The molecule has 3 aliphatic heterocycles. The fourth-order valence-corrected chi connectivity index (χ4v) is 3.94. The molecule has 2 aromatic rings. The van der Waals surface area contributed by atoms with Crippen LogP contribution in [0, 0.1) is 5.92 Å². The van der Waals surface area contributed by atoms with Crippen LogP contribution in [0.4, 0.5) is 0 Å². The molecule has 4 unspecified atom stereocenters. The van der Waals surface area contributed by atoms with Crippen LogP contribution in [-0.4, -0.2) is 49.5 Å². The van der Waals surface area contributed by atoms with Crippen LogP contribution in [0.5, 0.6) is 5.75 Å². The summed E-state index contributed by atoms with van der Waals surface area (Å²) in [6, 6.07) is 17.1. The van der Waals surface area contributed by atoms with Crippen LogP contribution in [0.2, 0.25) is 0 Å². The van der Waals surface area contributed by atoms with Crippen LogP contribution >= 0.6 is 0 Å². The van der Waals surface area contributed by atoms with Crippen molar-refractivity contribution in [1.29, 1.82) is 0 Å². The van der Waals surface area contributed by atoms with Gasteiger partial charge >= 0.3 is 0 Å². The van der Waals surface area contributed by atoms with Crippen LogP contribution in [0.1, 0.15) is 11.1 Å². The molecule has 0 aliphatic carbocycles. The standard InChI is InChI=1S/C22H21N3O5/c1-27-15-9-7-14(8-10-15)19-18-20(22-28-12-16(29-22)21(18)30-25-19)24-23-17(26)11-13-5-3-2-4-6-13/h2-10,16,18,21-22H,11-12H2,1H3,(H,23,26). The molecule has 30 heavy (non-hydrogen) atoms. The molecule has 0 radical (unpaired) electrons. The number of hydrogen-bond donors (Lipinski definition) is 1. The monoisotopic (exact) mass is 407 g/mol. The van der Waals surface area contributed by atoms with Crippen LogP contribution < -0.4 is 10.2 Å². The Kier molecular flexibility index (Phi) is 4.94. The molecule has 3 aliphatic rings. The first-order valence-corrected chi connectivity index (χ1v) is 9.78. The Morgan fingerprint density at radius 3 is 2.77 bits per heavy atom. The van der Waals surface area contributed by atoms with Crippen molar-refractivity contribution >= 4 is 17.3 Å². The Labute approximate surface area is 173 Å². The number of rotatable bonds is 5. The molecule has 2 bridgehead atoms. The lowest BCUT2D eigenvalue weighted by molar-refractivity contribution is -0.120. The van der Waals surface area contributed by atoms with Crippen molar-refractivity contribution in [3.8, 4) is 5.75 Å². The number of benzene rings is 2. The summed E-state index contributed by atoms with van der Waals surface area (Å²) in [4.78, 5) is 18.1. The van der Waals surface area contributed by atoms with Crippen molar-refractivity contribution in [1.82, 2.24) is 5.43 Å². The van der Waals surface area contributed by atoms with Crippen molar-refractivity contribution in [2.24, 2.45) is 16.2 Å². The number of nitrogens with zero attached hydrogens (tertiary/aromatic N) is 2. The topological polar surface area (TPSA) is 90.7 Å². The Bertz CT molecular complexity index is 990. The summed E-state index contributed by atoms with van der Waals surface area (Å²) < 4.78 is 16.8. The molecular weight excluding hydrogens is 386 g/mol. The minimum Gasteiger partial charge on any atom is -0.497 e. The SMILES string of the molecule is COc1ccc(C2=NOC3C4COC(O4)C(=NNC(=O)Cc4ccccc4)C23)cc1. The number of methoxy groups -OCH3 is 1. The second-order valence-electron chi connectivity index (χ2n) is 7.33. The Hall–Kier alpha value is -3.23. The maximum absolute atomic E-state index is 12.4. The third-order valence-corrected chi connectivity index (χ3v) is 5.44. The van der Waals surface area contributed by atoms with E-state index in [1.807, 2.05) is 54.6 Å². The van der Waals surface area contributed by atoms with E-state index in [1.54, 1.807) is 7.11 Å². The molecule has 8 heteroatoms. The number of carbonyl (C=O) groups excluding carboxylic acids is 1. The van der Waals surface area contributed by atoms with E-state index in [9.17, 15) is 4.79 Å². The highest BCUT2D eigenvalue weighted by Crippen LogP contribution is 2.38. The zero-order valence-electron chi connectivity index (χ0n) is 16.4. The molecule has 1 amide bonds. The fourth-order valence-electron chi connectivity index (χ4n) is 3.94. The fraction of sp³-hybridized carbons (Fsp3) is 0.318. The van der Waals surface area contributed by atoms with E-state index < -0.39 is 6.29 Å². The lowest BCUT2D eigenvalue weighted by atomic mass is 9.84. The molecule has 0 aromatic heterocycles. The van der Waals surface area contributed by atoms with Crippen LogP contribution in [0.15, 0.2) is 64.9 Å². The van der Waals surface area contributed by atoms with E-state index in [4.69, 9.17) is 19.0 Å². The molecular formula is C22H21N3O5. The summed E-state index contributed by atoms with van der Waals surface area (Å²) >= 11 is 0. The van der Waals surface area contributed by atoms with Gasteiger partial charge in [-0.3, -0.25) is 4.79 Å². The summed E-state index contributed by atoms with van der Waals surface area (Å²) in [6.45, 7) is 0.397. The van der Waals surface area contributed by atoms with E-state index in [0.717, 1.165) is 22.6 Å². The van der Waals surface area contributed by atoms with Crippen molar-refractivity contribution < 1.29 is 23.8 Å². The summed E-state index contributed by atoms with van der Waals surface area (Å²) in [6.07, 6.45) is -0.959. The number of amides is 1. The average Bonchev–Trinajstić information content (AvgIpc) is 3.41. The molecule has 2 saturated heterocycles. The summed E-state index contributed by atoms with van der Waals surface area (Å²) in [5.41, 5.74) is 5.75. The Morgan fingerprint density at radius 2 is 2.00 bits per heavy atom. The van der Waals surface area contributed by atoms with Gasteiger partial charge in [0.1, 0.15) is 17.6 Å². The summed E-state index contributed by atoms with van der Waals surface area (Å²) in [5.74, 6) is 0.279. The number of hydrogen-bond acceptors (Lipinski definition) is 7. The maximum Gasteiger partial charge on any atom is 0.244 e. The first-order valence-electron chi connectivity index (χ1n) is 9.78. The van der Waals surface area contributed by atoms with Gasteiger partial charge in [-0.25, -0.2) is 5.43 Å². The number of ether oxygens (including phenoxy) is 3. The highest BCUT2D eigenvalue weighted by Gasteiger charge is 2.55. The molecule has 1 N–H and O–H groups in total. The maximum atomic E-state index is 12.4. The minimum absolute atomic E-state index is 0.216. The molecule has 2 aromatic carbocycles. The van der Waals surface area contributed by atoms with E-state index in [2.05, 4.69) is 15.7 Å². The van der Waals surface area contributed by atoms with Crippen molar-refractivity contribution in [3.05, 3.63) is 65.7 Å². The first kappa shape index (κ1) is 18.8. The Balaban J connectivity index is 1.39. The Morgan fingerprint density at radius 1 is 1.20 bits per heavy atom. The lowest BCUT2D eigenvalue weighted by Crippen LogP contribution is -2.49. The lowest BCUT2D eigenvalue weighted by Gasteiger charge is -2.30. The van der Waals surface area contributed by atoms with Crippen molar-refractivity contribution in [3.63, 3.8) is 0 Å². The zero-order valence-corrected chi connectivity index (χ0v) is 16.4. The van der Waals surface area contributed by atoms with Gasteiger partial charge in [0.05, 0.1) is 31.8 Å². The van der Waals surface area contributed by atoms with Gasteiger partial charge in [-0.2, -0.15) is 5.10 Å². The van der Waals surface area contributed by atoms with Crippen molar-refractivity contribution in [2.75, 3.05) is 13.7 Å². The molecule has 154 valence electrons. The number of hydrazone groups is 1. The van der Waals surface area contributed by atoms with E-state index >= 15 is 0 Å². The number of nitrogens with one attached hydrogen (secondary N) is 1. The number of carbonyl (C=O) groups is 1. The van der Waals surface area contributed by atoms with Gasteiger partial charge in [-0.05, 0) is 29.8 Å². The van der Waals surface area contributed by atoms with Gasteiger partial charge in [-0.15, -0.1) is 0 Å². The molecule has 5 rings (SSSR count). The van der Waals surface area contributed by atoms with Crippen LogP contribution in [0.3, 0.4) is 0 Å². The molecule has 8 nitrogen and oxygen atoms in total. The summed E-state index contributed by atoms with van der Waals surface area (Å²) in [7, 11) is 1.62. The highest BCUT2D eigenvalue weighted by molar-refractivity contribution is 6.17. The summed E-state index contributed by atoms with van der Waals surface area (Å²) in [5, 5.41) is 8.71. The number of fused-ring (bicyclic) bond motifs is 4. The smallest absolute Gasteiger partial charge is 0.244 e. The molecule has 2 fully saturated rings. The molecule has 3 heterocycles. The first-order chi connectivity index (χ1) is 14.7. The molecule has 0 spiro atoms. The van der Waals surface area contributed by atoms with Gasteiger partial charge in [0.15, 0.2) is 12.4 Å². The van der Waals surface area contributed by atoms with Gasteiger partial charge in [0.2, 0.25) is 5.91 Å². The predicted molar refractivity (Wildman–Crippen MR) is 108 cm³/mol. The average molecular weight is 407 g/mol. The normalized spacial score (nSPS) is 27.9. The molecule has 0 saturated carbocycles. The zero-order chi connectivity index (χ0) is 20.5. The van der Waals surface area contributed by atoms with Gasteiger partial charge < -0.3 is 19.0 Å². The second kappa shape index (κ2) is 7.89. The predicted octanol–water partition coefficient (Wildman–Crippen LogP) is 1.88. The van der Waals surface area contributed by atoms with Crippen LogP contribution in [-0.2, 0) is 25.5 Å². The minimum atomic E-state index is -0.626. The molecule has 4 atom stereocenters. The third kappa shape index (κ3) is 3.44. The third-order valence-electron chi connectivity index (χ3n) is 5.44. The van der Waals surface area contributed by atoms with Gasteiger partial charge in [-0.1, -0.05) is 35.5 Å². The quantitative estimate of drug-likeness (QED) is 0.765. The highest BCUT2D eigenvalue weighted by atomic mass is 16.7. The van der Waals surface area contributed by atoms with Gasteiger partial charge in [0, 0.05) is 5.56 Å². The number of oxime groups is 1. The van der Waals surface area contributed by atoms with E-state index in [1.165, 1.54) is 0 Å². The van der Waals surface area contributed by atoms with Gasteiger partial charge in [0.25, 0.3) is 0 Å². The van der Waals surface area contributed by atoms with Crippen LogP contribution in [0.25, 0.3) is 0 Å². The second-order valence-corrected chi connectivity index (χ2v) is 7.33. The largest absolute Gasteiger partial charge is 0.497 e.